The Labute approximate surface area is 120 Å². The predicted molar refractivity (Wildman–Crippen MR) is 79.8 cm³/mol. The predicted octanol–water partition coefficient (Wildman–Crippen LogP) is 2.10. The third-order valence-electron chi connectivity index (χ3n) is 2.30. The normalized spacial score (nSPS) is 11.2. The van der Waals surface area contributed by atoms with E-state index in [-0.39, 0.29) is 12.3 Å². The van der Waals surface area contributed by atoms with Crippen molar-refractivity contribution in [2.75, 3.05) is 17.8 Å². The van der Waals surface area contributed by atoms with Gasteiger partial charge >= 0.3 is 5.97 Å². The first-order valence-corrected chi connectivity index (χ1v) is 6.80. The zero-order valence-electron chi connectivity index (χ0n) is 10.9. The molecule has 1 aromatic carbocycles. The lowest BCUT2D eigenvalue weighted by molar-refractivity contribution is -0.134. The summed E-state index contributed by atoms with van der Waals surface area (Å²) in [6, 6.07) is 9.31. The monoisotopic (exact) mass is 290 g/mol. The third kappa shape index (κ3) is 3.55. The molecule has 3 N–H and O–H groups in total. The van der Waals surface area contributed by atoms with E-state index in [1.54, 1.807) is 6.92 Å². The van der Waals surface area contributed by atoms with E-state index in [1.807, 2.05) is 30.3 Å². The number of hydrogen-bond acceptors (Lipinski definition) is 7. The molecule has 0 unspecified atom stereocenters. The molecule has 2 aromatic rings. The van der Waals surface area contributed by atoms with Gasteiger partial charge in [-0.2, -0.15) is 5.10 Å². The van der Waals surface area contributed by atoms with Crippen molar-refractivity contribution in [1.82, 2.24) is 4.98 Å². The Hall–Kier alpha value is -2.41. The number of anilines is 2. The number of nitrogens with zero attached hydrogens (tertiary/aromatic N) is 2. The largest absolute Gasteiger partial charge is 0.461 e. The van der Waals surface area contributed by atoms with E-state index < -0.39 is 5.97 Å². The highest BCUT2D eigenvalue weighted by Crippen LogP contribution is 2.17. The molecule has 0 fully saturated rings. The van der Waals surface area contributed by atoms with Gasteiger partial charge in [0.25, 0.3) is 0 Å². The van der Waals surface area contributed by atoms with Gasteiger partial charge in [-0.05, 0) is 19.1 Å². The summed E-state index contributed by atoms with van der Waals surface area (Å²) in [4.78, 5) is 16.4. The number of ether oxygens (including phenoxy) is 1. The molecule has 0 bridgehead atoms. The van der Waals surface area contributed by atoms with Crippen LogP contribution in [0.1, 0.15) is 11.8 Å². The number of esters is 1. The fraction of sp³-hybridized carbons (Fsp3) is 0.154. The van der Waals surface area contributed by atoms with Gasteiger partial charge in [-0.1, -0.05) is 29.5 Å². The Bertz CT molecular complexity index is 610. The molecule has 0 aliphatic rings. The highest BCUT2D eigenvalue weighted by atomic mass is 32.1. The topological polar surface area (TPSA) is 89.6 Å². The maximum absolute atomic E-state index is 11.9. The van der Waals surface area contributed by atoms with Crippen LogP contribution in [0.4, 0.5) is 10.8 Å². The van der Waals surface area contributed by atoms with Gasteiger partial charge in [-0.15, -0.1) is 0 Å². The van der Waals surface area contributed by atoms with Crippen molar-refractivity contribution < 1.29 is 9.53 Å². The number of nitrogens with one attached hydrogen (secondary N) is 1. The molecule has 0 saturated carbocycles. The molecule has 1 aromatic heterocycles. The van der Waals surface area contributed by atoms with Crippen molar-refractivity contribution >= 4 is 33.8 Å². The lowest BCUT2D eigenvalue weighted by Gasteiger charge is -2.05. The number of aromatic nitrogens is 1. The number of carbonyl (C=O) groups excluding carboxylic acids is 1. The summed E-state index contributed by atoms with van der Waals surface area (Å²) in [7, 11) is 0. The highest BCUT2D eigenvalue weighted by Gasteiger charge is 2.18. The molecule has 0 atom stereocenters. The van der Waals surface area contributed by atoms with E-state index in [9.17, 15) is 4.79 Å². The Balaban J connectivity index is 2.24. The molecule has 0 aliphatic heterocycles. The van der Waals surface area contributed by atoms with Gasteiger partial charge in [0.15, 0.2) is 10.8 Å². The van der Waals surface area contributed by atoms with E-state index in [4.69, 9.17) is 10.5 Å². The summed E-state index contributed by atoms with van der Waals surface area (Å²) in [6.45, 7) is 2.01. The van der Waals surface area contributed by atoms with E-state index in [0.29, 0.717) is 10.0 Å². The lowest BCUT2D eigenvalue weighted by Crippen LogP contribution is -2.19. The van der Waals surface area contributed by atoms with Gasteiger partial charge in [-0.3, -0.25) is 5.43 Å². The van der Waals surface area contributed by atoms with Gasteiger partial charge in [0, 0.05) is 6.20 Å². The van der Waals surface area contributed by atoms with Crippen molar-refractivity contribution in [2.24, 2.45) is 5.10 Å². The number of benzene rings is 1. The first-order valence-electron chi connectivity index (χ1n) is 5.98. The average Bonchev–Trinajstić information content (AvgIpc) is 2.87. The number of nitrogens with two attached hydrogens (primary N) is 1. The Morgan fingerprint density at radius 1 is 1.45 bits per heavy atom. The van der Waals surface area contributed by atoms with Crippen molar-refractivity contribution in [1.29, 1.82) is 0 Å². The van der Waals surface area contributed by atoms with Crippen LogP contribution in [0.25, 0.3) is 0 Å². The molecular weight excluding hydrogens is 276 g/mol. The summed E-state index contributed by atoms with van der Waals surface area (Å²) in [5, 5.41) is 4.48. The number of nitrogen functional groups attached to an aromatic ring is 1. The zero-order valence-corrected chi connectivity index (χ0v) is 11.7. The number of para-hydroxylation sites is 1. The number of thiazole rings is 1. The van der Waals surface area contributed by atoms with Crippen LogP contribution in [0.15, 0.2) is 41.6 Å². The third-order valence-corrected chi connectivity index (χ3v) is 3.13. The molecule has 0 aliphatic carbocycles. The zero-order chi connectivity index (χ0) is 14.4. The second-order valence-corrected chi connectivity index (χ2v) is 4.78. The molecule has 0 saturated heterocycles. The van der Waals surface area contributed by atoms with Crippen LogP contribution in [-0.2, 0) is 9.53 Å². The van der Waals surface area contributed by atoms with Crippen LogP contribution in [-0.4, -0.2) is 23.3 Å². The highest BCUT2D eigenvalue weighted by molar-refractivity contribution is 7.18. The minimum atomic E-state index is -0.514. The minimum absolute atomic E-state index is 0.157. The molecule has 104 valence electrons. The van der Waals surface area contributed by atoms with Crippen molar-refractivity contribution in [2.45, 2.75) is 6.92 Å². The molecule has 20 heavy (non-hydrogen) atoms. The summed E-state index contributed by atoms with van der Waals surface area (Å²) in [5.74, 6) is -0.514. The van der Waals surface area contributed by atoms with Crippen LogP contribution in [0.5, 0.6) is 0 Å². The molecular formula is C13H14N4O2S. The molecule has 1 heterocycles. The first-order chi connectivity index (χ1) is 9.70. The van der Waals surface area contributed by atoms with Crippen molar-refractivity contribution in [3.05, 3.63) is 41.4 Å². The first kappa shape index (κ1) is 14.0. The number of carbonyl (C=O) groups is 1. The second kappa shape index (κ2) is 6.67. The number of rotatable bonds is 5. The fourth-order valence-corrected chi connectivity index (χ4v) is 2.09. The summed E-state index contributed by atoms with van der Waals surface area (Å²) < 4.78 is 4.98. The summed E-state index contributed by atoms with van der Waals surface area (Å²) in [5.41, 5.74) is 9.32. The van der Waals surface area contributed by atoms with Crippen molar-refractivity contribution in [3.8, 4) is 0 Å². The van der Waals surface area contributed by atoms with E-state index in [0.717, 1.165) is 5.69 Å². The van der Waals surface area contributed by atoms with E-state index >= 15 is 0 Å². The molecule has 2 rings (SSSR count). The molecule has 7 heteroatoms. The van der Waals surface area contributed by atoms with Crippen LogP contribution in [0, 0.1) is 0 Å². The number of hydrazone groups is 1. The standard InChI is InChI=1S/C13H14N4O2S/c1-2-19-12(18)11(10-8-15-13(14)20-10)17-16-9-6-4-3-5-7-9/h3-8,16H,2H2,1H3,(H2,14,15)/b17-11-. The number of hydrogen-bond donors (Lipinski definition) is 2. The van der Waals surface area contributed by atoms with Crippen LogP contribution in [0.3, 0.4) is 0 Å². The second-order valence-electron chi connectivity index (χ2n) is 3.72. The Morgan fingerprint density at radius 2 is 2.20 bits per heavy atom. The smallest absolute Gasteiger partial charge is 0.360 e. The molecule has 0 amide bonds. The van der Waals surface area contributed by atoms with Gasteiger partial charge in [-0.25, -0.2) is 9.78 Å². The Kier molecular flexibility index (Phi) is 4.67. The van der Waals surface area contributed by atoms with Crippen LogP contribution < -0.4 is 11.2 Å². The molecule has 0 radical (unpaired) electrons. The van der Waals surface area contributed by atoms with Crippen LogP contribution >= 0.6 is 11.3 Å². The van der Waals surface area contributed by atoms with E-state index in [2.05, 4.69) is 15.5 Å². The van der Waals surface area contributed by atoms with Gasteiger partial charge in [0.2, 0.25) is 0 Å². The maximum Gasteiger partial charge on any atom is 0.360 e. The van der Waals surface area contributed by atoms with Crippen molar-refractivity contribution in [3.63, 3.8) is 0 Å². The van der Waals surface area contributed by atoms with Gasteiger partial charge < -0.3 is 10.5 Å². The fourth-order valence-electron chi connectivity index (χ4n) is 1.43. The minimum Gasteiger partial charge on any atom is -0.461 e. The Morgan fingerprint density at radius 3 is 2.80 bits per heavy atom. The average molecular weight is 290 g/mol. The van der Waals surface area contributed by atoms with Gasteiger partial charge in [0.1, 0.15) is 0 Å². The lowest BCUT2D eigenvalue weighted by atomic mass is 10.3. The molecule has 6 nitrogen and oxygen atoms in total. The van der Waals surface area contributed by atoms with Crippen LogP contribution in [0.2, 0.25) is 0 Å². The SMILES string of the molecule is CCOC(=O)/C(=N\Nc1ccccc1)c1cnc(N)s1. The summed E-state index contributed by atoms with van der Waals surface area (Å²) in [6.07, 6.45) is 1.50. The van der Waals surface area contributed by atoms with E-state index in [1.165, 1.54) is 17.5 Å². The maximum atomic E-state index is 11.9. The quantitative estimate of drug-likeness (QED) is 0.500. The summed E-state index contributed by atoms with van der Waals surface area (Å²) >= 11 is 1.18. The van der Waals surface area contributed by atoms with Gasteiger partial charge in [0.05, 0.1) is 17.2 Å². The molecule has 0 spiro atoms.